The van der Waals surface area contributed by atoms with Crippen LogP contribution in [0, 0.1) is 0 Å². The van der Waals surface area contributed by atoms with E-state index in [9.17, 15) is 0 Å². The molecule has 1 aromatic heterocycles. The molecule has 106 valence electrons. The topological polar surface area (TPSA) is 35.0 Å². The fraction of sp³-hybridized carbons (Fsp3) is 0.733. The summed E-state index contributed by atoms with van der Waals surface area (Å²) in [6.45, 7) is 2.96. The first-order chi connectivity index (χ1) is 9.29. The monoisotopic (exact) mass is 282 g/mol. The summed E-state index contributed by atoms with van der Waals surface area (Å²) in [5.74, 6) is 2.00. The molecule has 0 amide bonds. The zero-order valence-corrected chi connectivity index (χ0v) is 12.5. The highest BCUT2D eigenvalue weighted by Crippen LogP contribution is 2.38. The average Bonchev–Trinajstić information content (AvgIpc) is 3.21. The van der Waals surface area contributed by atoms with Crippen LogP contribution in [0.4, 0.5) is 0 Å². The largest absolute Gasteiger partial charge is 0.478 e. The number of ether oxygens (including phenoxy) is 1. The third-order valence-electron chi connectivity index (χ3n) is 3.38. The minimum atomic E-state index is 0.495. The number of aromatic nitrogens is 2. The van der Waals surface area contributed by atoms with Crippen LogP contribution in [0.3, 0.4) is 0 Å². The molecule has 19 heavy (non-hydrogen) atoms. The van der Waals surface area contributed by atoms with Crippen LogP contribution >= 0.6 is 11.6 Å². The molecule has 0 bridgehead atoms. The van der Waals surface area contributed by atoms with Gasteiger partial charge in [-0.2, -0.15) is 4.98 Å². The van der Waals surface area contributed by atoms with Gasteiger partial charge in [0.05, 0.1) is 6.61 Å². The lowest BCUT2D eigenvalue weighted by atomic mass is 10.1. The Balaban J connectivity index is 1.67. The van der Waals surface area contributed by atoms with E-state index in [2.05, 4.69) is 16.9 Å². The van der Waals surface area contributed by atoms with E-state index >= 15 is 0 Å². The number of hydrogen-bond acceptors (Lipinski definition) is 3. The van der Waals surface area contributed by atoms with Crippen molar-refractivity contribution in [2.45, 2.75) is 64.2 Å². The Morgan fingerprint density at radius 1 is 1.16 bits per heavy atom. The second kappa shape index (κ2) is 7.68. The van der Waals surface area contributed by atoms with Gasteiger partial charge < -0.3 is 4.74 Å². The summed E-state index contributed by atoms with van der Waals surface area (Å²) in [7, 11) is 0. The lowest BCUT2D eigenvalue weighted by molar-refractivity contribution is 0.291. The van der Waals surface area contributed by atoms with Gasteiger partial charge in [0.15, 0.2) is 0 Å². The van der Waals surface area contributed by atoms with Crippen molar-refractivity contribution >= 4 is 11.6 Å². The average molecular weight is 283 g/mol. The fourth-order valence-corrected chi connectivity index (χ4v) is 2.25. The maximum Gasteiger partial charge on any atom is 0.218 e. The number of hydrogen-bond donors (Lipinski definition) is 0. The van der Waals surface area contributed by atoms with Crippen molar-refractivity contribution in [1.82, 2.24) is 9.97 Å². The molecule has 1 aromatic rings. The van der Waals surface area contributed by atoms with Gasteiger partial charge in [-0.05, 0) is 19.3 Å². The molecule has 2 rings (SSSR count). The van der Waals surface area contributed by atoms with Gasteiger partial charge in [0.25, 0.3) is 0 Å². The van der Waals surface area contributed by atoms with Gasteiger partial charge in [-0.25, -0.2) is 4.98 Å². The summed E-state index contributed by atoms with van der Waals surface area (Å²) < 4.78 is 5.68. The molecule has 1 aliphatic rings. The fourth-order valence-electron chi connectivity index (χ4n) is 2.07. The molecular weight excluding hydrogens is 260 g/mol. The first-order valence-corrected chi connectivity index (χ1v) is 7.84. The lowest BCUT2D eigenvalue weighted by Crippen LogP contribution is -2.02. The van der Waals surface area contributed by atoms with E-state index in [4.69, 9.17) is 16.3 Å². The molecule has 1 heterocycles. The maximum atomic E-state index is 5.99. The second-order valence-electron chi connectivity index (χ2n) is 5.28. The van der Waals surface area contributed by atoms with Gasteiger partial charge in [-0.1, -0.05) is 50.6 Å². The maximum absolute atomic E-state index is 5.99. The highest BCUT2D eigenvalue weighted by molar-refractivity contribution is 6.29. The van der Waals surface area contributed by atoms with Crippen LogP contribution < -0.4 is 4.74 Å². The van der Waals surface area contributed by atoms with Crippen LogP contribution in [0.15, 0.2) is 6.07 Å². The molecule has 0 saturated heterocycles. The molecule has 4 heteroatoms. The summed E-state index contributed by atoms with van der Waals surface area (Å²) in [6, 6.07) is 1.71. The number of rotatable bonds is 9. The summed E-state index contributed by atoms with van der Waals surface area (Å²) >= 11 is 5.99. The highest BCUT2D eigenvalue weighted by Gasteiger charge is 2.27. The molecule has 0 radical (unpaired) electrons. The number of nitrogens with zero attached hydrogens (tertiary/aromatic N) is 2. The van der Waals surface area contributed by atoms with E-state index in [1.54, 1.807) is 6.07 Å². The molecule has 3 nitrogen and oxygen atoms in total. The number of halogens is 1. The van der Waals surface area contributed by atoms with E-state index < -0.39 is 0 Å². The van der Waals surface area contributed by atoms with Gasteiger partial charge in [0, 0.05) is 12.0 Å². The smallest absolute Gasteiger partial charge is 0.218 e. The van der Waals surface area contributed by atoms with Gasteiger partial charge in [0.1, 0.15) is 11.0 Å². The first-order valence-electron chi connectivity index (χ1n) is 7.47. The summed E-state index contributed by atoms with van der Waals surface area (Å²) in [6.07, 6.45) is 9.94. The van der Waals surface area contributed by atoms with Crippen LogP contribution in [-0.4, -0.2) is 16.6 Å². The lowest BCUT2D eigenvalue weighted by Gasteiger charge is -2.07. The molecule has 1 aliphatic carbocycles. The summed E-state index contributed by atoms with van der Waals surface area (Å²) in [4.78, 5) is 8.67. The zero-order valence-electron chi connectivity index (χ0n) is 11.7. The molecule has 0 aliphatic heterocycles. The minimum absolute atomic E-state index is 0.495. The van der Waals surface area contributed by atoms with Crippen LogP contribution in [-0.2, 0) is 0 Å². The van der Waals surface area contributed by atoms with Gasteiger partial charge >= 0.3 is 0 Å². The van der Waals surface area contributed by atoms with Gasteiger partial charge in [0.2, 0.25) is 5.88 Å². The third kappa shape index (κ3) is 5.35. The van der Waals surface area contributed by atoms with Crippen molar-refractivity contribution in [2.75, 3.05) is 6.61 Å². The molecular formula is C15H23ClN2O. The Morgan fingerprint density at radius 3 is 2.63 bits per heavy atom. The van der Waals surface area contributed by atoms with E-state index in [1.807, 2.05) is 0 Å². The first kappa shape index (κ1) is 14.6. The Bertz CT molecular complexity index is 394. The van der Waals surface area contributed by atoms with Crippen LogP contribution in [0.1, 0.15) is 70.0 Å². The summed E-state index contributed by atoms with van der Waals surface area (Å²) in [5.41, 5.74) is 0. The van der Waals surface area contributed by atoms with Crippen LogP contribution in [0.2, 0.25) is 5.15 Å². The van der Waals surface area contributed by atoms with Gasteiger partial charge in [-0.15, -0.1) is 0 Å². The highest BCUT2D eigenvalue weighted by atomic mass is 35.5. The SMILES string of the molecule is CCCCCCCCOc1cc(Cl)nc(C2CC2)n1. The predicted molar refractivity (Wildman–Crippen MR) is 77.9 cm³/mol. The molecule has 0 spiro atoms. The molecule has 1 fully saturated rings. The Morgan fingerprint density at radius 2 is 1.89 bits per heavy atom. The van der Waals surface area contributed by atoms with E-state index in [0.29, 0.717) is 17.0 Å². The van der Waals surface area contributed by atoms with Crippen molar-refractivity contribution in [3.8, 4) is 5.88 Å². The van der Waals surface area contributed by atoms with Crippen LogP contribution in [0.5, 0.6) is 5.88 Å². The van der Waals surface area contributed by atoms with Crippen molar-refractivity contribution in [2.24, 2.45) is 0 Å². The molecule has 0 aromatic carbocycles. The Labute approximate surface area is 120 Å². The summed E-state index contributed by atoms with van der Waals surface area (Å²) in [5, 5.41) is 0.495. The van der Waals surface area contributed by atoms with E-state index in [-0.39, 0.29) is 0 Å². The molecule has 0 unspecified atom stereocenters. The van der Waals surface area contributed by atoms with E-state index in [1.165, 1.54) is 44.9 Å². The van der Waals surface area contributed by atoms with Gasteiger partial charge in [-0.3, -0.25) is 0 Å². The van der Waals surface area contributed by atoms with Crippen molar-refractivity contribution in [3.05, 3.63) is 17.0 Å². The standard InChI is InChI=1S/C15H23ClN2O/c1-2-3-4-5-6-7-10-19-14-11-13(16)17-15(18-14)12-8-9-12/h11-12H,2-10H2,1H3. The number of unbranched alkanes of at least 4 members (excludes halogenated alkanes) is 5. The predicted octanol–water partition coefficient (Wildman–Crippen LogP) is 4.75. The van der Waals surface area contributed by atoms with Crippen molar-refractivity contribution in [1.29, 1.82) is 0 Å². The minimum Gasteiger partial charge on any atom is -0.478 e. The molecule has 0 atom stereocenters. The molecule has 0 N–H and O–H groups in total. The van der Waals surface area contributed by atoms with Crippen molar-refractivity contribution in [3.63, 3.8) is 0 Å². The second-order valence-corrected chi connectivity index (χ2v) is 5.66. The quantitative estimate of drug-likeness (QED) is 0.484. The molecule has 1 saturated carbocycles. The zero-order chi connectivity index (χ0) is 13.5. The Hall–Kier alpha value is -0.830. The normalized spacial score (nSPS) is 14.6. The van der Waals surface area contributed by atoms with Crippen molar-refractivity contribution < 1.29 is 4.74 Å². The Kier molecular flexibility index (Phi) is 5.90. The van der Waals surface area contributed by atoms with Crippen LogP contribution in [0.25, 0.3) is 0 Å². The van der Waals surface area contributed by atoms with E-state index in [0.717, 1.165) is 18.9 Å². The third-order valence-corrected chi connectivity index (χ3v) is 3.57.